The Kier molecular flexibility index (Phi) is 5.66. The second kappa shape index (κ2) is 9.07. The average Bonchev–Trinajstić information content (AvgIpc) is 3.49. The summed E-state index contributed by atoms with van der Waals surface area (Å²) < 4.78 is 34.1. The van der Waals surface area contributed by atoms with E-state index in [-0.39, 0.29) is 12.3 Å². The van der Waals surface area contributed by atoms with E-state index in [2.05, 4.69) is 21.6 Å². The van der Waals surface area contributed by atoms with E-state index in [1.165, 1.54) is 12.4 Å². The minimum Gasteiger partial charge on any atom is -0.434 e. The van der Waals surface area contributed by atoms with Crippen LogP contribution in [0.15, 0.2) is 73.1 Å². The Morgan fingerprint density at radius 3 is 2.59 bits per heavy atom. The number of alkyl halides is 2. The molecule has 2 aromatic heterocycles. The van der Waals surface area contributed by atoms with E-state index in [0.29, 0.717) is 23.1 Å². The molecule has 168 valence electrons. The van der Waals surface area contributed by atoms with Gasteiger partial charge in [-0.15, -0.1) is 5.10 Å². The first kappa shape index (κ1) is 21.2. The molecule has 0 unspecified atom stereocenters. The van der Waals surface area contributed by atoms with Crippen LogP contribution in [-0.4, -0.2) is 36.4 Å². The number of ether oxygens (including phenoxy) is 1. The maximum absolute atomic E-state index is 12.9. The minimum absolute atomic E-state index is 0.104. The third kappa shape index (κ3) is 4.31. The van der Waals surface area contributed by atoms with Crippen LogP contribution in [0.5, 0.6) is 5.75 Å². The SMILES string of the molecule is N#Cc1ccc2nc(Cc3ccc(-n4cnnn4)cc3)n(Cc3ccccc3OC(F)F)c2c1. The molecule has 0 saturated heterocycles. The molecule has 10 heteroatoms. The largest absolute Gasteiger partial charge is 0.434 e. The lowest BCUT2D eigenvalue weighted by atomic mass is 10.1. The monoisotopic (exact) mass is 457 g/mol. The fraction of sp³-hybridized carbons (Fsp3) is 0.125. The first-order chi connectivity index (χ1) is 16.6. The first-order valence-corrected chi connectivity index (χ1v) is 10.3. The van der Waals surface area contributed by atoms with Crippen molar-refractivity contribution in [2.24, 2.45) is 0 Å². The Balaban J connectivity index is 1.53. The maximum Gasteiger partial charge on any atom is 0.387 e. The molecule has 5 rings (SSSR count). The van der Waals surface area contributed by atoms with Gasteiger partial charge in [0.2, 0.25) is 0 Å². The first-order valence-electron chi connectivity index (χ1n) is 10.3. The van der Waals surface area contributed by atoms with E-state index in [1.54, 1.807) is 41.1 Å². The summed E-state index contributed by atoms with van der Waals surface area (Å²) in [5.74, 6) is 0.833. The van der Waals surface area contributed by atoms with Crippen LogP contribution in [0.25, 0.3) is 16.7 Å². The number of hydrogen-bond acceptors (Lipinski definition) is 6. The van der Waals surface area contributed by atoms with Crippen LogP contribution in [0, 0.1) is 11.3 Å². The van der Waals surface area contributed by atoms with Gasteiger partial charge in [0, 0.05) is 12.0 Å². The van der Waals surface area contributed by atoms with Crippen molar-refractivity contribution in [1.29, 1.82) is 5.26 Å². The minimum atomic E-state index is -2.93. The third-order valence-electron chi connectivity index (χ3n) is 5.39. The van der Waals surface area contributed by atoms with E-state index in [0.717, 1.165) is 22.6 Å². The molecule has 0 aliphatic carbocycles. The van der Waals surface area contributed by atoms with Crippen LogP contribution in [0.4, 0.5) is 8.78 Å². The second-order valence-corrected chi connectivity index (χ2v) is 7.51. The van der Waals surface area contributed by atoms with Gasteiger partial charge in [0.25, 0.3) is 0 Å². The number of aromatic nitrogens is 6. The predicted molar refractivity (Wildman–Crippen MR) is 119 cm³/mol. The number of imidazole rings is 1. The van der Waals surface area contributed by atoms with E-state index >= 15 is 0 Å². The molecule has 0 atom stereocenters. The number of rotatable bonds is 7. The fourth-order valence-electron chi connectivity index (χ4n) is 3.80. The molecule has 0 N–H and O–H groups in total. The molecule has 2 heterocycles. The van der Waals surface area contributed by atoms with E-state index in [1.807, 2.05) is 28.8 Å². The summed E-state index contributed by atoms with van der Waals surface area (Å²) in [6, 6.07) is 21.8. The Hall–Kier alpha value is -4.65. The van der Waals surface area contributed by atoms with Crippen LogP contribution in [-0.2, 0) is 13.0 Å². The Labute approximate surface area is 192 Å². The maximum atomic E-state index is 12.9. The van der Waals surface area contributed by atoms with Crippen molar-refractivity contribution in [2.45, 2.75) is 19.6 Å². The van der Waals surface area contributed by atoms with Crippen LogP contribution in [0.3, 0.4) is 0 Å². The molecule has 5 aromatic rings. The van der Waals surface area contributed by atoms with Crippen molar-refractivity contribution >= 4 is 11.0 Å². The van der Waals surface area contributed by atoms with E-state index in [9.17, 15) is 14.0 Å². The number of para-hydroxylation sites is 1. The zero-order valence-electron chi connectivity index (χ0n) is 17.7. The van der Waals surface area contributed by atoms with Gasteiger partial charge >= 0.3 is 6.61 Å². The lowest BCUT2D eigenvalue weighted by Gasteiger charge is -2.14. The van der Waals surface area contributed by atoms with Crippen LogP contribution >= 0.6 is 0 Å². The van der Waals surface area contributed by atoms with E-state index < -0.39 is 6.61 Å². The Morgan fingerprint density at radius 1 is 1.03 bits per heavy atom. The molecule has 0 saturated carbocycles. The van der Waals surface area contributed by atoms with Crippen LogP contribution < -0.4 is 4.74 Å². The highest BCUT2D eigenvalue weighted by Crippen LogP contribution is 2.26. The van der Waals surface area contributed by atoms with E-state index in [4.69, 9.17) is 9.72 Å². The molecule has 0 spiro atoms. The van der Waals surface area contributed by atoms with Gasteiger partial charge in [0.1, 0.15) is 17.9 Å². The van der Waals surface area contributed by atoms with Gasteiger partial charge in [-0.25, -0.2) is 9.67 Å². The Bertz CT molecular complexity index is 1470. The summed E-state index contributed by atoms with van der Waals surface area (Å²) in [4.78, 5) is 4.77. The number of nitriles is 1. The summed E-state index contributed by atoms with van der Waals surface area (Å²) in [6.45, 7) is -2.67. The summed E-state index contributed by atoms with van der Waals surface area (Å²) in [7, 11) is 0. The molecular weight excluding hydrogens is 440 g/mol. The van der Waals surface area contributed by atoms with Crippen LogP contribution in [0.1, 0.15) is 22.5 Å². The van der Waals surface area contributed by atoms with Crippen molar-refractivity contribution in [1.82, 2.24) is 29.8 Å². The van der Waals surface area contributed by atoms with Crippen molar-refractivity contribution in [3.8, 4) is 17.5 Å². The van der Waals surface area contributed by atoms with Gasteiger partial charge < -0.3 is 9.30 Å². The topological polar surface area (TPSA) is 94.4 Å². The number of benzene rings is 3. The number of halogens is 2. The molecule has 8 nitrogen and oxygen atoms in total. The predicted octanol–water partition coefficient (Wildman–Crippen LogP) is 4.12. The highest BCUT2D eigenvalue weighted by molar-refractivity contribution is 5.78. The molecule has 0 amide bonds. The number of fused-ring (bicyclic) bond motifs is 1. The average molecular weight is 457 g/mol. The van der Waals surface area contributed by atoms with Gasteiger partial charge in [-0.05, 0) is 52.4 Å². The second-order valence-electron chi connectivity index (χ2n) is 7.51. The molecular formula is C24H17F2N7O. The van der Waals surface area contributed by atoms with Gasteiger partial charge in [0.15, 0.2) is 0 Å². The lowest BCUT2D eigenvalue weighted by Crippen LogP contribution is -2.09. The van der Waals surface area contributed by atoms with Crippen molar-refractivity contribution in [3.05, 3.63) is 95.6 Å². The van der Waals surface area contributed by atoms with Crippen molar-refractivity contribution < 1.29 is 13.5 Å². The summed E-state index contributed by atoms with van der Waals surface area (Å²) in [5.41, 5.74) is 4.34. The summed E-state index contributed by atoms with van der Waals surface area (Å²) >= 11 is 0. The molecule has 34 heavy (non-hydrogen) atoms. The molecule has 0 aliphatic rings. The van der Waals surface area contributed by atoms with Gasteiger partial charge in [-0.2, -0.15) is 14.0 Å². The Morgan fingerprint density at radius 2 is 1.85 bits per heavy atom. The molecule has 0 aliphatic heterocycles. The van der Waals surface area contributed by atoms with Crippen molar-refractivity contribution in [2.75, 3.05) is 0 Å². The van der Waals surface area contributed by atoms with Gasteiger partial charge in [-0.1, -0.05) is 30.3 Å². The zero-order chi connectivity index (χ0) is 23.5. The number of tetrazole rings is 1. The highest BCUT2D eigenvalue weighted by atomic mass is 19.3. The summed E-state index contributed by atoms with van der Waals surface area (Å²) in [5, 5.41) is 20.5. The quantitative estimate of drug-likeness (QED) is 0.365. The number of nitrogens with zero attached hydrogens (tertiary/aromatic N) is 7. The van der Waals surface area contributed by atoms with Crippen LogP contribution in [0.2, 0.25) is 0 Å². The van der Waals surface area contributed by atoms with Gasteiger partial charge in [0.05, 0.1) is 34.9 Å². The summed E-state index contributed by atoms with van der Waals surface area (Å²) in [6.07, 6.45) is 2.00. The fourth-order valence-corrected chi connectivity index (χ4v) is 3.80. The molecule has 0 bridgehead atoms. The smallest absolute Gasteiger partial charge is 0.387 e. The highest BCUT2D eigenvalue weighted by Gasteiger charge is 2.16. The van der Waals surface area contributed by atoms with Gasteiger partial charge in [-0.3, -0.25) is 0 Å². The number of hydrogen-bond donors (Lipinski definition) is 0. The molecule has 0 fully saturated rings. The zero-order valence-corrected chi connectivity index (χ0v) is 17.7. The third-order valence-corrected chi connectivity index (χ3v) is 5.39. The standard InChI is InChI=1S/C24H17F2N7O/c25-24(26)34-22-4-2-1-3-18(22)14-32-21-11-17(13-27)7-10-20(21)29-23(32)12-16-5-8-19(9-6-16)33-15-28-30-31-33/h1-11,15,24H,12,14H2. The normalized spacial score (nSPS) is 11.1. The lowest BCUT2D eigenvalue weighted by molar-refractivity contribution is -0.0504. The van der Waals surface area contributed by atoms with Crippen molar-refractivity contribution in [3.63, 3.8) is 0 Å². The molecule has 0 radical (unpaired) electrons. The molecule has 3 aromatic carbocycles.